The number of allylic oxidation sites excluding steroid dienone is 2. The quantitative estimate of drug-likeness (QED) is 0.316. The number of hydrogen-bond donors (Lipinski definition) is 3. The first-order valence-electron chi connectivity index (χ1n) is 11.9. The molecule has 0 radical (unpaired) electrons. The second kappa shape index (κ2) is 11.1. The lowest BCUT2D eigenvalue weighted by molar-refractivity contribution is -0.124. The van der Waals surface area contributed by atoms with Crippen LogP contribution in [0.25, 0.3) is 5.57 Å². The van der Waals surface area contributed by atoms with E-state index < -0.39 is 12.0 Å². The zero-order valence-electron chi connectivity index (χ0n) is 20.6. The highest BCUT2D eigenvalue weighted by atomic mass is 16.5. The van der Waals surface area contributed by atoms with Crippen LogP contribution in [0.15, 0.2) is 85.0 Å². The second-order valence-corrected chi connectivity index (χ2v) is 9.03. The van der Waals surface area contributed by atoms with Crippen molar-refractivity contribution in [2.75, 3.05) is 10.6 Å². The highest BCUT2D eigenvalue weighted by molar-refractivity contribution is 6.03. The summed E-state index contributed by atoms with van der Waals surface area (Å²) in [6.07, 6.45) is 4.20. The molecule has 3 N–H and O–H groups in total. The van der Waals surface area contributed by atoms with Crippen LogP contribution in [0.3, 0.4) is 0 Å². The van der Waals surface area contributed by atoms with Gasteiger partial charge in [0.2, 0.25) is 5.91 Å². The number of nitrogens with one attached hydrogen (secondary N) is 2. The van der Waals surface area contributed by atoms with E-state index in [-0.39, 0.29) is 18.4 Å². The normalized spacial score (nSPS) is 15.5. The molecule has 0 fully saturated rings. The zero-order chi connectivity index (χ0) is 25.7. The molecule has 184 valence electrons. The summed E-state index contributed by atoms with van der Waals surface area (Å²) in [5, 5.41) is 15.4. The van der Waals surface area contributed by atoms with Crippen molar-refractivity contribution < 1.29 is 19.4 Å². The molecule has 4 rings (SSSR count). The Morgan fingerprint density at radius 2 is 1.72 bits per heavy atom. The summed E-state index contributed by atoms with van der Waals surface area (Å²) in [6.45, 7) is 6.03. The summed E-state index contributed by atoms with van der Waals surface area (Å²) in [6, 6.07) is 21.4. The number of fused-ring (bicyclic) bond motifs is 1. The van der Waals surface area contributed by atoms with Crippen LogP contribution in [0.1, 0.15) is 36.1 Å². The first-order valence-corrected chi connectivity index (χ1v) is 11.9. The predicted molar refractivity (Wildman–Crippen MR) is 143 cm³/mol. The first kappa shape index (κ1) is 24.9. The van der Waals surface area contributed by atoms with Crippen molar-refractivity contribution in [3.63, 3.8) is 0 Å². The maximum atomic E-state index is 12.7. The molecule has 0 aliphatic carbocycles. The topological polar surface area (TPSA) is 87.7 Å². The number of aliphatic hydroxyl groups is 1. The summed E-state index contributed by atoms with van der Waals surface area (Å²) in [5.41, 5.74) is 6.03. The number of carbonyl (C=O) groups excluding carboxylic acids is 2. The number of aliphatic hydroxyl groups excluding tert-OH is 1. The SMILES string of the molecule is Cc1ccc(/C(=C/C=C/C(=O)Nc2cccc3c2CC(O)C(=O)N3)c2ccc(OC(C)C)cc2)cc1. The van der Waals surface area contributed by atoms with Gasteiger partial charge in [-0.05, 0) is 61.7 Å². The summed E-state index contributed by atoms with van der Waals surface area (Å²) in [5.74, 6) is 0.0536. The highest BCUT2D eigenvalue weighted by Gasteiger charge is 2.26. The van der Waals surface area contributed by atoms with Crippen LogP contribution >= 0.6 is 0 Å². The minimum Gasteiger partial charge on any atom is -0.491 e. The van der Waals surface area contributed by atoms with Crippen LogP contribution in [0.2, 0.25) is 0 Å². The number of benzene rings is 3. The lowest BCUT2D eigenvalue weighted by Gasteiger charge is -2.23. The molecule has 0 spiro atoms. The number of amides is 2. The average molecular weight is 483 g/mol. The van der Waals surface area contributed by atoms with E-state index in [0.29, 0.717) is 16.9 Å². The van der Waals surface area contributed by atoms with E-state index in [9.17, 15) is 14.7 Å². The Balaban J connectivity index is 1.56. The van der Waals surface area contributed by atoms with E-state index in [1.807, 2.05) is 51.1 Å². The molecular weight excluding hydrogens is 452 g/mol. The minimum absolute atomic E-state index is 0.0964. The van der Waals surface area contributed by atoms with Crippen LogP contribution in [-0.2, 0) is 16.0 Å². The van der Waals surface area contributed by atoms with E-state index in [1.54, 1.807) is 24.3 Å². The highest BCUT2D eigenvalue weighted by Crippen LogP contribution is 2.30. The Kier molecular flexibility index (Phi) is 7.66. The zero-order valence-corrected chi connectivity index (χ0v) is 20.6. The third kappa shape index (κ3) is 6.09. The molecule has 1 heterocycles. The van der Waals surface area contributed by atoms with Gasteiger partial charge in [-0.15, -0.1) is 0 Å². The van der Waals surface area contributed by atoms with Gasteiger partial charge in [0.15, 0.2) is 0 Å². The van der Waals surface area contributed by atoms with Crippen molar-refractivity contribution in [2.24, 2.45) is 0 Å². The van der Waals surface area contributed by atoms with E-state index in [4.69, 9.17) is 4.74 Å². The number of hydrogen-bond acceptors (Lipinski definition) is 4. The van der Waals surface area contributed by atoms with E-state index >= 15 is 0 Å². The molecular formula is C30H30N2O4. The summed E-state index contributed by atoms with van der Waals surface area (Å²) >= 11 is 0. The fourth-order valence-corrected chi connectivity index (χ4v) is 4.03. The van der Waals surface area contributed by atoms with Gasteiger partial charge in [-0.2, -0.15) is 0 Å². The third-order valence-electron chi connectivity index (χ3n) is 5.80. The van der Waals surface area contributed by atoms with Gasteiger partial charge in [-0.25, -0.2) is 0 Å². The Labute approximate surface area is 211 Å². The molecule has 0 aromatic heterocycles. The average Bonchev–Trinajstić information content (AvgIpc) is 2.84. The molecule has 0 saturated carbocycles. The van der Waals surface area contributed by atoms with Crippen LogP contribution in [-0.4, -0.2) is 29.1 Å². The van der Waals surface area contributed by atoms with Crippen molar-refractivity contribution >= 4 is 28.8 Å². The maximum Gasteiger partial charge on any atom is 0.253 e. The van der Waals surface area contributed by atoms with Gasteiger partial charge in [0.1, 0.15) is 11.9 Å². The second-order valence-electron chi connectivity index (χ2n) is 9.03. The van der Waals surface area contributed by atoms with E-state index in [1.165, 1.54) is 11.6 Å². The summed E-state index contributed by atoms with van der Waals surface area (Å²) in [7, 11) is 0. The molecule has 6 heteroatoms. The largest absolute Gasteiger partial charge is 0.491 e. The number of aryl methyl sites for hydroxylation is 1. The van der Waals surface area contributed by atoms with Gasteiger partial charge in [-0.1, -0.05) is 60.2 Å². The third-order valence-corrected chi connectivity index (χ3v) is 5.80. The Hall–Kier alpha value is -4.16. The molecule has 0 bridgehead atoms. The van der Waals surface area contributed by atoms with Crippen molar-refractivity contribution in [1.29, 1.82) is 0 Å². The van der Waals surface area contributed by atoms with Gasteiger partial charge >= 0.3 is 0 Å². The first-order chi connectivity index (χ1) is 17.3. The monoisotopic (exact) mass is 482 g/mol. The number of rotatable bonds is 7. The van der Waals surface area contributed by atoms with Gasteiger partial charge in [0, 0.05) is 29.4 Å². The molecule has 3 aromatic carbocycles. The molecule has 3 aromatic rings. The van der Waals surface area contributed by atoms with Gasteiger partial charge in [-0.3, -0.25) is 9.59 Å². The number of anilines is 2. The molecule has 1 aliphatic heterocycles. The Morgan fingerprint density at radius 3 is 2.39 bits per heavy atom. The Bertz CT molecular complexity index is 1310. The standard InChI is InChI=1S/C30H30N2O4/c1-19(2)36-23-16-14-22(15-17-23)24(21-12-10-20(3)11-13-21)6-4-9-29(34)31-26-7-5-8-27-25(26)18-28(33)30(35)32-27/h4-17,19,28,33H,18H2,1-3H3,(H,31,34)(H,32,35)/b9-4+,24-6-. The molecule has 0 saturated heterocycles. The lowest BCUT2D eigenvalue weighted by Crippen LogP contribution is -2.34. The van der Waals surface area contributed by atoms with Gasteiger partial charge < -0.3 is 20.5 Å². The van der Waals surface area contributed by atoms with Crippen LogP contribution in [0, 0.1) is 6.92 Å². The molecule has 1 aliphatic rings. The van der Waals surface area contributed by atoms with Crippen molar-refractivity contribution in [3.8, 4) is 5.75 Å². The Morgan fingerprint density at radius 1 is 1.06 bits per heavy atom. The predicted octanol–water partition coefficient (Wildman–Crippen LogP) is 5.26. The van der Waals surface area contributed by atoms with Crippen LogP contribution < -0.4 is 15.4 Å². The summed E-state index contributed by atoms with van der Waals surface area (Å²) < 4.78 is 5.77. The molecule has 6 nitrogen and oxygen atoms in total. The maximum absolute atomic E-state index is 12.7. The van der Waals surface area contributed by atoms with Crippen molar-refractivity contribution in [1.82, 2.24) is 0 Å². The van der Waals surface area contributed by atoms with Gasteiger partial charge in [0.25, 0.3) is 5.91 Å². The van der Waals surface area contributed by atoms with E-state index in [0.717, 1.165) is 22.4 Å². The fourth-order valence-electron chi connectivity index (χ4n) is 4.03. The van der Waals surface area contributed by atoms with Crippen LogP contribution in [0.5, 0.6) is 5.75 Å². The smallest absolute Gasteiger partial charge is 0.253 e. The molecule has 2 amide bonds. The minimum atomic E-state index is -1.14. The van der Waals surface area contributed by atoms with Crippen molar-refractivity contribution in [3.05, 3.63) is 107 Å². The lowest BCUT2D eigenvalue weighted by atomic mass is 9.96. The van der Waals surface area contributed by atoms with Crippen molar-refractivity contribution in [2.45, 2.75) is 39.4 Å². The summed E-state index contributed by atoms with van der Waals surface area (Å²) in [4.78, 5) is 24.4. The molecule has 1 atom stereocenters. The fraction of sp³-hybridized carbons (Fsp3) is 0.200. The van der Waals surface area contributed by atoms with Gasteiger partial charge in [0.05, 0.1) is 6.10 Å². The number of ether oxygens (including phenoxy) is 1. The number of carbonyl (C=O) groups is 2. The molecule has 36 heavy (non-hydrogen) atoms. The van der Waals surface area contributed by atoms with Crippen LogP contribution in [0.4, 0.5) is 11.4 Å². The molecule has 1 unspecified atom stereocenters. The van der Waals surface area contributed by atoms with E-state index in [2.05, 4.69) is 34.9 Å².